The molecule has 3 heteroatoms. The Balaban J connectivity index is 1.97. The van der Waals surface area contributed by atoms with Crippen molar-refractivity contribution in [1.29, 1.82) is 0 Å². The number of ether oxygens (including phenoxy) is 1. The minimum atomic E-state index is 0.214. The number of ketones is 1. The Morgan fingerprint density at radius 2 is 2.00 bits per heavy atom. The Morgan fingerprint density at radius 3 is 2.61 bits per heavy atom. The van der Waals surface area contributed by atoms with Gasteiger partial charge in [-0.25, -0.2) is 0 Å². The topological polar surface area (TPSA) is 29.5 Å². The summed E-state index contributed by atoms with van der Waals surface area (Å²) in [6.45, 7) is 0.825. The fraction of sp³-hybridized carbons (Fsp3) is 0.533. The number of rotatable bonds is 4. The Hall–Kier alpha value is -1.51. The second-order valence-electron chi connectivity index (χ2n) is 4.99. The number of nitrogens with zero attached hydrogens (tertiary/aromatic N) is 1. The van der Waals surface area contributed by atoms with Gasteiger partial charge < -0.3 is 9.64 Å². The number of methoxy groups -OCH3 is 1. The van der Waals surface area contributed by atoms with Crippen molar-refractivity contribution in [3.05, 3.63) is 24.3 Å². The van der Waals surface area contributed by atoms with Crippen LogP contribution in [-0.2, 0) is 4.79 Å². The predicted molar refractivity (Wildman–Crippen MR) is 73.2 cm³/mol. The molecule has 1 atom stereocenters. The molecule has 1 aromatic carbocycles. The van der Waals surface area contributed by atoms with Crippen LogP contribution in [0.3, 0.4) is 0 Å². The highest BCUT2D eigenvalue weighted by Gasteiger charge is 2.23. The first-order chi connectivity index (χ1) is 8.70. The molecule has 0 spiro atoms. The molecule has 18 heavy (non-hydrogen) atoms. The third-order valence-corrected chi connectivity index (χ3v) is 3.69. The Morgan fingerprint density at radius 1 is 1.28 bits per heavy atom. The highest BCUT2D eigenvalue weighted by atomic mass is 16.5. The standard InChI is InChI=1S/C15H21NO2/c1-16(11-12-5-3-4-6-15(12)17)13-7-9-14(18-2)10-8-13/h7-10,12H,3-6,11H2,1-2H3. The van der Waals surface area contributed by atoms with Gasteiger partial charge in [0, 0.05) is 31.6 Å². The third kappa shape index (κ3) is 3.03. The van der Waals surface area contributed by atoms with E-state index in [-0.39, 0.29) is 5.92 Å². The van der Waals surface area contributed by atoms with Gasteiger partial charge in [0.15, 0.2) is 0 Å². The lowest BCUT2D eigenvalue weighted by Gasteiger charge is -2.27. The van der Waals surface area contributed by atoms with Crippen LogP contribution in [0.25, 0.3) is 0 Å². The summed E-state index contributed by atoms with van der Waals surface area (Å²) in [6.07, 6.45) is 4.06. The summed E-state index contributed by atoms with van der Waals surface area (Å²) in [7, 11) is 3.71. The van der Waals surface area contributed by atoms with E-state index in [0.29, 0.717) is 5.78 Å². The van der Waals surface area contributed by atoms with Crippen molar-refractivity contribution in [2.75, 3.05) is 25.6 Å². The zero-order chi connectivity index (χ0) is 13.0. The van der Waals surface area contributed by atoms with E-state index in [1.807, 2.05) is 31.3 Å². The van der Waals surface area contributed by atoms with E-state index in [4.69, 9.17) is 4.74 Å². The van der Waals surface area contributed by atoms with E-state index < -0.39 is 0 Å². The first-order valence-corrected chi connectivity index (χ1v) is 6.58. The minimum Gasteiger partial charge on any atom is -0.497 e. The summed E-state index contributed by atoms with van der Waals surface area (Å²) in [5, 5.41) is 0. The predicted octanol–water partition coefficient (Wildman–Crippen LogP) is 2.89. The zero-order valence-electron chi connectivity index (χ0n) is 11.2. The summed E-state index contributed by atoms with van der Waals surface area (Å²) in [5.74, 6) is 1.51. The van der Waals surface area contributed by atoms with E-state index in [1.54, 1.807) is 7.11 Å². The molecule has 3 nitrogen and oxygen atoms in total. The molecular formula is C15H21NO2. The van der Waals surface area contributed by atoms with Crippen molar-refractivity contribution in [3.8, 4) is 5.75 Å². The zero-order valence-corrected chi connectivity index (χ0v) is 11.2. The molecule has 0 radical (unpaired) electrons. The monoisotopic (exact) mass is 247 g/mol. The molecule has 0 amide bonds. The van der Waals surface area contributed by atoms with Crippen LogP contribution in [-0.4, -0.2) is 26.5 Å². The van der Waals surface area contributed by atoms with Crippen molar-refractivity contribution in [2.24, 2.45) is 5.92 Å². The first-order valence-electron chi connectivity index (χ1n) is 6.58. The fourth-order valence-corrected chi connectivity index (χ4v) is 2.52. The lowest BCUT2D eigenvalue weighted by atomic mass is 9.87. The summed E-state index contributed by atoms with van der Waals surface area (Å²) in [5.41, 5.74) is 1.13. The normalized spacial score (nSPS) is 19.7. The summed E-state index contributed by atoms with van der Waals surface area (Å²) in [4.78, 5) is 14.0. The highest BCUT2D eigenvalue weighted by Crippen LogP contribution is 2.24. The van der Waals surface area contributed by atoms with Gasteiger partial charge in [-0.3, -0.25) is 4.79 Å². The SMILES string of the molecule is COc1ccc(N(C)CC2CCCCC2=O)cc1. The average Bonchev–Trinajstić information content (AvgIpc) is 2.41. The number of carbonyl (C=O) groups is 1. The molecule has 1 unspecified atom stereocenters. The Kier molecular flexibility index (Phi) is 4.24. The molecule has 1 aliphatic rings. The van der Waals surface area contributed by atoms with Gasteiger partial charge in [0.25, 0.3) is 0 Å². The summed E-state index contributed by atoms with van der Waals surface area (Å²) >= 11 is 0. The van der Waals surface area contributed by atoms with Gasteiger partial charge in [-0.15, -0.1) is 0 Å². The number of hydrogen-bond acceptors (Lipinski definition) is 3. The second-order valence-corrected chi connectivity index (χ2v) is 4.99. The van der Waals surface area contributed by atoms with Crippen LogP contribution >= 0.6 is 0 Å². The molecular weight excluding hydrogens is 226 g/mol. The second kappa shape index (κ2) is 5.89. The number of hydrogen-bond donors (Lipinski definition) is 0. The van der Waals surface area contributed by atoms with Gasteiger partial charge in [-0.1, -0.05) is 6.42 Å². The van der Waals surface area contributed by atoms with Crippen LogP contribution in [0.4, 0.5) is 5.69 Å². The smallest absolute Gasteiger partial charge is 0.137 e. The molecule has 98 valence electrons. The van der Waals surface area contributed by atoms with Crippen molar-refractivity contribution >= 4 is 11.5 Å². The largest absolute Gasteiger partial charge is 0.497 e. The fourth-order valence-electron chi connectivity index (χ4n) is 2.52. The van der Waals surface area contributed by atoms with Crippen LogP contribution in [0, 0.1) is 5.92 Å². The van der Waals surface area contributed by atoms with Crippen LogP contribution in [0.15, 0.2) is 24.3 Å². The molecule has 2 rings (SSSR count). The number of anilines is 1. The van der Waals surface area contributed by atoms with Crippen LogP contribution in [0.5, 0.6) is 5.75 Å². The molecule has 1 fully saturated rings. The van der Waals surface area contributed by atoms with Gasteiger partial charge in [-0.2, -0.15) is 0 Å². The number of benzene rings is 1. The molecule has 0 bridgehead atoms. The number of carbonyl (C=O) groups excluding carboxylic acids is 1. The molecule has 0 N–H and O–H groups in total. The van der Waals surface area contributed by atoms with Gasteiger partial charge in [0.2, 0.25) is 0 Å². The van der Waals surface area contributed by atoms with Crippen molar-refractivity contribution in [1.82, 2.24) is 0 Å². The summed E-state index contributed by atoms with van der Waals surface area (Å²) < 4.78 is 5.14. The lowest BCUT2D eigenvalue weighted by Crippen LogP contribution is -2.32. The molecule has 0 saturated heterocycles. The summed E-state index contributed by atoms with van der Waals surface area (Å²) in [6, 6.07) is 7.97. The lowest BCUT2D eigenvalue weighted by molar-refractivity contribution is -0.124. The third-order valence-electron chi connectivity index (χ3n) is 3.69. The highest BCUT2D eigenvalue weighted by molar-refractivity contribution is 5.82. The van der Waals surface area contributed by atoms with E-state index in [0.717, 1.165) is 37.2 Å². The Bertz CT molecular complexity index is 399. The molecule has 1 saturated carbocycles. The molecule has 1 aliphatic carbocycles. The molecule has 0 aliphatic heterocycles. The maximum atomic E-state index is 11.8. The van der Waals surface area contributed by atoms with Crippen LogP contribution in [0.1, 0.15) is 25.7 Å². The molecule has 0 aromatic heterocycles. The van der Waals surface area contributed by atoms with Gasteiger partial charge in [-0.05, 0) is 37.1 Å². The molecule has 0 heterocycles. The van der Waals surface area contributed by atoms with Crippen molar-refractivity contribution < 1.29 is 9.53 Å². The number of Topliss-reactive ketones (excluding diaryl/α,β-unsaturated/α-hetero) is 1. The van der Waals surface area contributed by atoms with Gasteiger partial charge in [0.05, 0.1) is 7.11 Å². The van der Waals surface area contributed by atoms with E-state index >= 15 is 0 Å². The van der Waals surface area contributed by atoms with Crippen LogP contribution in [0.2, 0.25) is 0 Å². The average molecular weight is 247 g/mol. The minimum absolute atomic E-state index is 0.214. The van der Waals surface area contributed by atoms with E-state index in [1.165, 1.54) is 6.42 Å². The maximum absolute atomic E-state index is 11.8. The van der Waals surface area contributed by atoms with Gasteiger partial charge in [0.1, 0.15) is 11.5 Å². The van der Waals surface area contributed by atoms with Crippen molar-refractivity contribution in [2.45, 2.75) is 25.7 Å². The van der Waals surface area contributed by atoms with Crippen molar-refractivity contribution in [3.63, 3.8) is 0 Å². The van der Waals surface area contributed by atoms with Gasteiger partial charge >= 0.3 is 0 Å². The molecule has 1 aromatic rings. The quantitative estimate of drug-likeness (QED) is 0.819. The maximum Gasteiger partial charge on any atom is 0.137 e. The van der Waals surface area contributed by atoms with E-state index in [9.17, 15) is 4.79 Å². The Labute approximate surface area is 109 Å². The van der Waals surface area contributed by atoms with E-state index in [2.05, 4.69) is 4.90 Å². The van der Waals surface area contributed by atoms with Crippen LogP contribution < -0.4 is 9.64 Å². The first kappa shape index (κ1) is 12.9.